The van der Waals surface area contributed by atoms with E-state index >= 15 is 0 Å². The van der Waals surface area contributed by atoms with Gasteiger partial charge in [-0.3, -0.25) is 0 Å². The summed E-state index contributed by atoms with van der Waals surface area (Å²) in [4.78, 5) is 6.51. The van der Waals surface area contributed by atoms with Crippen molar-refractivity contribution in [2.24, 2.45) is 10.7 Å². The smallest absolute Gasteiger partial charge is 0.179 e. The Kier molecular flexibility index (Phi) is 4.93. The van der Waals surface area contributed by atoms with Gasteiger partial charge >= 0.3 is 0 Å². The molecule has 0 radical (unpaired) electrons. The van der Waals surface area contributed by atoms with Crippen LogP contribution in [0.4, 0.5) is 0 Å². The van der Waals surface area contributed by atoms with Crippen LogP contribution < -0.4 is 5.73 Å². The van der Waals surface area contributed by atoms with E-state index in [2.05, 4.69) is 17.9 Å². The highest BCUT2D eigenvalue weighted by Gasteiger charge is 2.22. The van der Waals surface area contributed by atoms with Gasteiger partial charge in [-0.1, -0.05) is 6.08 Å². The fraction of sp³-hybridized carbons (Fsp3) is 0.455. The van der Waals surface area contributed by atoms with Crippen LogP contribution in [-0.4, -0.2) is 30.0 Å². The molecule has 1 aliphatic heterocycles. The Hall–Kier alpha value is -1.41. The summed E-state index contributed by atoms with van der Waals surface area (Å²) >= 11 is 1.74. The second-order valence-corrected chi connectivity index (χ2v) is 4.87. The van der Waals surface area contributed by atoms with Crippen LogP contribution in [0.3, 0.4) is 0 Å². The van der Waals surface area contributed by atoms with Crippen LogP contribution in [0.2, 0.25) is 0 Å². The summed E-state index contributed by atoms with van der Waals surface area (Å²) in [6.07, 6.45) is 7.01. The molecule has 5 heteroatoms. The number of likely N-dealkylation sites (tertiary alicyclic amines) is 1. The maximum atomic E-state index is 8.76. The second-order valence-electron chi connectivity index (χ2n) is 3.49. The summed E-state index contributed by atoms with van der Waals surface area (Å²) in [5, 5.41) is 9.21. The van der Waals surface area contributed by atoms with Gasteiger partial charge in [-0.05, 0) is 26.1 Å². The van der Waals surface area contributed by atoms with E-state index in [9.17, 15) is 0 Å². The van der Waals surface area contributed by atoms with E-state index in [1.54, 1.807) is 16.7 Å². The lowest BCUT2D eigenvalue weighted by Gasteiger charge is -2.09. The van der Waals surface area contributed by atoms with Crippen LogP contribution in [0.5, 0.6) is 0 Å². The highest BCUT2D eigenvalue weighted by atomic mass is 32.2. The molecular weight excluding hydrogens is 220 g/mol. The van der Waals surface area contributed by atoms with Crippen molar-refractivity contribution in [1.29, 1.82) is 5.26 Å². The average molecular weight is 236 g/mol. The Morgan fingerprint density at radius 1 is 1.75 bits per heavy atom. The highest BCUT2D eigenvalue weighted by Crippen LogP contribution is 2.29. The molecule has 1 rings (SSSR count). The lowest BCUT2D eigenvalue weighted by molar-refractivity contribution is 0.488. The molecule has 1 atom stereocenters. The number of rotatable bonds is 4. The summed E-state index contributed by atoms with van der Waals surface area (Å²) in [5.74, 6) is 0.427. The molecular formula is C11H16N4S. The van der Waals surface area contributed by atoms with Gasteiger partial charge in [0.2, 0.25) is 0 Å². The lowest BCUT2D eigenvalue weighted by atomic mass is 10.4. The normalized spacial score (nSPS) is 22.0. The number of nitrogens with zero attached hydrogens (tertiary/aromatic N) is 3. The average Bonchev–Trinajstić information content (AvgIpc) is 2.75. The molecule has 4 nitrogen and oxygen atoms in total. The maximum Gasteiger partial charge on any atom is 0.179 e. The van der Waals surface area contributed by atoms with Gasteiger partial charge in [0.15, 0.2) is 6.19 Å². The number of nitriles is 1. The SMILES string of the molecule is C=N/C(N)=C\C(=C/C)SC1CCN(C#N)C1. The highest BCUT2D eigenvalue weighted by molar-refractivity contribution is 8.03. The summed E-state index contributed by atoms with van der Waals surface area (Å²) < 4.78 is 0. The van der Waals surface area contributed by atoms with E-state index in [0.29, 0.717) is 11.1 Å². The minimum atomic E-state index is 0.427. The molecule has 0 aromatic carbocycles. The summed E-state index contributed by atoms with van der Waals surface area (Å²) in [6, 6.07) is 0. The molecule has 1 saturated heterocycles. The molecule has 86 valence electrons. The summed E-state index contributed by atoms with van der Waals surface area (Å²) in [6.45, 7) is 7.00. The van der Waals surface area contributed by atoms with Crippen molar-refractivity contribution in [3.05, 3.63) is 22.9 Å². The summed E-state index contributed by atoms with van der Waals surface area (Å²) in [7, 11) is 0. The van der Waals surface area contributed by atoms with Gasteiger partial charge in [0, 0.05) is 23.2 Å². The minimum absolute atomic E-state index is 0.427. The molecule has 0 aliphatic carbocycles. The molecule has 1 unspecified atom stereocenters. The Morgan fingerprint density at radius 3 is 3.00 bits per heavy atom. The minimum Gasteiger partial charge on any atom is -0.384 e. The first-order valence-electron chi connectivity index (χ1n) is 5.11. The molecule has 16 heavy (non-hydrogen) atoms. The zero-order chi connectivity index (χ0) is 12.0. The van der Waals surface area contributed by atoms with Crippen molar-refractivity contribution in [2.75, 3.05) is 13.1 Å². The number of hydrogen-bond acceptors (Lipinski definition) is 5. The van der Waals surface area contributed by atoms with Gasteiger partial charge in [-0.15, -0.1) is 11.8 Å². The van der Waals surface area contributed by atoms with Crippen LogP contribution in [0.25, 0.3) is 0 Å². The van der Waals surface area contributed by atoms with Gasteiger partial charge in [-0.25, -0.2) is 4.99 Å². The predicted molar refractivity (Wildman–Crippen MR) is 68.8 cm³/mol. The number of nitrogens with two attached hydrogens (primary N) is 1. The fourth-order valence-corrected chi connectivity index (χ4v) is 2.67. The Bertz CT molecular complexity index is 353. The topological polar surface area (TPSA) is 65.4 Å². The van der Waals surface area contributed by atoms with E-state index in [-0.39, 0.29) is 0 Å². The van der Waals surface area contributed by atoms with Gasteiger partial charge in [0.1, 0.15) is 5.82 Å². The third-order valence-electron chi connectivity index (χ3n) is 2.35. The third-order valence-corrected chi connectivity index (χ3v) is 3.69. The van der Waals surface area contributed by atoms with E-state index in [4.69, 9.17) is 11.0 Å². The molecule has 1 fully saturated rings. The van der Waals surface area contributed by atoms with Crippen LogP contribution in [-0.2, 0) is 0 Å². The quantitative estimate of drug-likeness (QED) is 0.458. The Balaban J connectivity index is 2.54. The van der Waals surface area contributed by atoms with Crippen LogP contribution in [0.1, 0.15) is 13.3 Å². The first-order valence-corrected chi connectivity index (χ1v) is 5.99. The third kappa shape index (κ3) is 3.63. The summed E-state index contributed by atoms with van der Waals surface area (Å²) in [5.41, 5.74) is 5.59. The van der Waals surface area contributed by atoms with Crippen molar-refractivity contribution < 1.29 is 0 Å². The molecule has 0 saturated carbocycles. The largest absolute Gasteiger partial charge is 0.384 e. The molecule has 0 aromatic rings. The molecule has 0 bridgehead atoms. The maximum absolute atomic E-state index is 8.76. The Morgan fingerprint density at radius 2 is 2.50 bits per heavy atom. The second kappa shape index (κ2) is 6.23. The van der Waals surface area contributed by atoms with Crippen molar-refractivity contribution >= 4 is 18.5 Å². The van der Waals surface area contributed by atoms with Crippen LogP contribution in [0, 0.1) is 11.5 Å². The molecule has 2 N–H and O–H groups in total. The predicted octanol–water partition coefficient (Wildman–Crippen LogP) is 1.68. The zero-order valence-electron chi connectivity index (χ0n) is 9.39. The van der Waals surface area contributed by atoms with Gasteiger partial charge in [0.05, 0.1) is 0 Å². The lowest BCUT2D eigenvalue weighted by Crippen LogP contribution is -2.14. The first kappa shape index (κ1) is 12.7. The number of hydrogen-bond donors (Lipinski definition) is 1. The fourth-order valence-electron chi connectivity index (χ4n) is 1.48. The van der Waals surface area contributed by atoms with Crippen molar-refractivity contribution in [2.45, 2.75) is 18.6 Å². The van der Waals surface area contributed by atoms with Gasteiger partial charge in [-0.2, -0.15) is 5.26 Å². The zero-order valence-corrected chi connectivity index (χ0v) is 10.2. The van der Waals surface area contributed by atoms with Crippen molar-refractivity contribution in [3.63, 3.8) is 0 Å². The molecule has 0 spiro atoms. The number of thioether (sulfide) groups is 1. The van der Waals surface area contributed by atoms with E-state index in [1.165, 1.54) is 0 Å². The molecule has 1 aliphatic rings. The van der Waals surface area contributed by atoms with Crippen LogP contribution in [0.15, 0.2) is 27.9 Å². The standard InChI is InChI=1S/C11H16N4S/c1-3-9(6-11(13)14-2)16-10-4-5-15(7-10)8-12/h3,6,10H,2,4-5,7,13H2,1H3/b9-3+,11-6-. The van der Waals surface area contributed by atoms with E-state index in [0.717, 1.165) is 24.4 Å². The van der Waals surface area contributed by atoms with Crippen molar-refractivity contribution in [1.82, 2.24) is 4.90 Å². The first-order chi connectivity index (χ1) is 7.69. The van der Waals surface area contributed by atoms with E-state index in [1.807, 2.05) is 19.1 Å². The van der Waals surface area contributed by atoms with Crippen LogP contribution >= 0.6 is 11.8 Å². The van der Waals surface area contributed by atoms with Gasteiger partial charge in [0.25, 0.3) is 0 Å². The Labute approximate surface area is 101 Å². The molecule has 0 amide bonds. The molecule has 1 heterocycles. The van der Waals surface area contributed by atoms with Gasteiger partial charge < -0.3 is 10.6 Å². The van der Waals surface area contributed by atoms with Crippen molar-refractivity contribution in [3.8, 4) is 6.19 Å². The number of allylic oxidation sites excluding steroid dienone is 2. The van der Waals surface area contributed by atoms with E-state index < -0.39 is 0 Å². The number of aliphatic imine (C=N–C) groups is 1. The molecule has 0 aromatic heterocycles. The monoisotopic (exact) mass is 236 g/mol.